The number of rotatable bonds is 55. The number of allylic oxidation sites excluding steroid dienone is 5. The molecule has 0 aromatic heterocycles. The van der Waals surface area contributed by atoms with Crippen LogP contribution in [0.5, 0.6) is 0 Å². The monoisotopic (exact) mass is 1020 g/mol. The summed E-state index contributed by atoms with van der Waals surface area (Å²) < 4.78 is 30.3. The predicted octanol–water partition coefficient (Wildman–Crippen LogP) is 17.7. The summed E-state index contributed by atoms with van der Waals surface area (Å²) in [5, 5.41) is 3.02. The molecule has 0 heterocycles. The molecule has 0 aliphatic heterocycles. The van der Waals surface area contributed by atoms with Gasteiger partial charge >= 0.3 is 5.97 Å². The molecule has 0 bridgehead atoms. The first kappa shape index (κ1) is 69.2. The number of nitrogens with one attached hydrogen (secondary N) is 1. The summed E-state index contributed by atoms with van der Waals surface area (Å²) in [5.74, 6) is -0.553. The number of hydrogen-bond donors (Lipinski definition) is 1. The second-order valence-corrected chi connectivity index (χ2v) is 23.3. The molecule has 0 radical (unpaired) electrons. The number of hydrogen-bond acceptors (Lipinski definition) is 7. The highest BCUT2D eigenvalue weighted by molar-refractivity contribution is 7.45. The first-order valence-electron chi connectivity index (χ1n) is 30.3. The molecular weight excluding hydrogens is 904 g/mol. The maximum Gasteiger partial charge on any atom is 0.306 e. The first-order chi connectivity index (χ1) is 34.4. The number of ether oxygens (including phenoxy) is 1. The van der Waals surface area contributed by atoms with Crippen LogP contribution in [0.15, 0.2) is 36.5 Å². The van der Waals surface area contributed by atoms with Gasteiger partial charge in [-0.3, -0.25) is 14.2 Å². The van der Waals surface area contributed by atoms with Crippen LogP contribution in [0.3, 0.4) is 0 Å². The Kier molecular flexibility index (Phi) is 50.4. The zero-order valence-electron chi connectivity index (χ0n) is 47.7. The number of phosphoric ester groups is 1. The number of unbranched alkanes of at least 4 members (excludes halogenated alkanes) is 35. The van der Waals surface area contributed by atoms with Gasteiger partial charge in [0.15, 0.2) is 0 Å². The molecule has 71 heavy (non-hydrogen) atoms. The van der Waals surface area contributed by atoms with Gasteiger partial charge in [0.1, 0.15) is 19.3 Å². The standard InChI is InChI=1S/C61H117N2O7P/c1-7-10-13-16-19-22-25-28-29-30-31-32-33-36-38-41-44-47-50-53-60(64)62-58(57-69-71(66,67)68-56-55-63(4,5)6)59(52-49-46-43-40-37-34-26-23-20-17-14-11-8-2)70-61(65)54-51-48-45-42-39-35-27-24-21-18-15-12-9-3/h28-29,35,39,49,52,58-59H,7-27,30-34,36-38,40-48,50-51,53-57H2,1-6H3,(H-,62,64,66,67)/b29-28+,39-35-,52-49-. The van der Waals surface area contributed by atoms with Crippen LogP contribution < -0.4 is 10.2 Å². The van der Waals surface area contributed by atoms with E-state index in [4.69, 9.17) is 13.8 Å². The lowest BCUT2D eigenvalue weighted by molar-refractivity contribution is -0.870. The Morgan fingerprint density at radius 3 is 1.21 bits per heavy atom. The molecule has 0 saturated heterocycles. The van der Waals surface area contributed by atoms with Crippen LogP contribution in [0.1, 0.15) is 290 Å². The van der Waals surface area contributed by atoms with Crippen molar-refractivity contribution in [3.05, 3.63) is 36.5 Å². The molecule has 3 unspecified atom stereocenters. The van der Waals surface area contributed by atoms with Crippen molar-refractivity contribution in [1.82, 2.24) is 5.32 Å². The number of carbonyl (C=O) groups excluding carboxylic acids is 2. The Morgan fingerprint density at radius 1 is 0.479 bits per heavy atom. The smallest absolute Gasteiger partial charge is 0.306 e. The fraction of sp³-hybridized carbons (Fsp3) is 0.869. The van der Waals surface area contributed by atoms with E-state index < -0.39 is 26.6 Å². The Labute approximate surface area is 440 Å². The Balaban J connectivity index is 5.29. The van der Waals surface area contributed by atoms with E-state index in [-0.39, 0.29) is 24.9 Å². The van der Waals surface area contributed by atoms with Crippen molar-refractivity contribution >= 4 is 19.7 Å². The van der Waals surface area contributed by atoms with E-state index in [0.717, 1.165) is 64.2 Å². The molecule has 1 amide bonds. The van der Waals surface area contributed by atoms with Gasteiger partial charge in [0.05, 0.1) is 33.8 Å². The fourth-order valence-electron chi connectivity index (χ4n) is 8.81. The van der Waals surface area contributed by atoms with Crippen molar-refractivity contribution in [1.29, 1.82) is 0 Å². The minimum atomic E-state index is -4.70. The molecular formula is C61H117N2O7P. The second kappa shape index (κ2) is 51.7. The Bertz CT molecular complexity index is 1310. The molecule has 0 aromatic rings. The van der Waals surface area contributed by atoms with Gasteiger partial charge in [-0.25, -0.2) is 0 Å². The van der Waals surface area contributed by atoms with E-state index in [0.29, 0.717) is 23.9 Å². The normalized spacial score (nSPS) is 14.0. The van der Waals surface area contributed by atoms with Crippen LogP contribution in [0.2, 0.25) is 0 Å². The zero-order chi connectivity index (χ0) is 52.2. The summed E-state index contributed by atoms with van der Waals surface area (Å²) in [6.07, 6.45) is 61.0. The van der Waals surface area contributed by atoms with Crippen LogP contribution in [0.25, 0.3) is 0 Å². The molecule has 9 nitrogen and oxygen atoms in total. The largest absolute Gasteiger partial charge is 0.756 e. The van der Waals surface area contributed by atoms with Crippen LogP contribution in [0, 0.1) is 0 Å². The van der Waals surface area contributed by atoms with Crippen molar-refractivity contribution in [2.45, 2.75) is 303 Å². The van der Waals surface area contributed by atoms with E-state index in [2.05, 4.69) is 50.4 Å². The van der Waals surface area contributed by atoms with E-state index >= 15 is 0 Å². The molecule has 0 rings (SSSR count). The van der Waals surface area contributed by atoms with Gasteiger partial charge in [0, 0.05) is 12.8 Å². The molecule has 0 aliphatic rings. The predicted molar refractivity (Wildman–Crippen MR) is 303 cm³/mol. The topological polar surface area (TPSA) is 114 Å². The van der Waals surface area contributed by atoms with Gasteiger partial charge in [-0.15, -0.1) is 0 Å². The first-order valence-corrected chi connectivity index (χ1v) is 31.8. The zero-order valence-corrected chi connectivity index (χ0v) is 48.6. The second-order valence-electron chi connectivity index (χ2n) is 21.8. The summed E-state index contributed by atoms with van der Waals surface area (Å²) in [6.45, 7) is 6.84. The lowest BCUT2D eigenvalue weighted by Gasteiger charge is -2.30. The van der Waals surface area contributed by atoms with E-state index in [9.17, 15) is 19.0 Å². The summed E-state index contributed by atoms with van der Waals surface area (Å²) in [4.78, 5) is 39.9. The number of esters is 1. The van der Waals surface area contributed by atoms with Gasteiger partial charge in [0.25, 0.3) is 7.82 Å². The Hall–Kier alpha value is -1.77. The van der Waals surface area contributed by atoms with Crippen molar-refractivity contribution in [3.8, 4) is 0 Å². The summed E-state index contributed by atoms with van der Waals surface area (Å²) in [5.41, 5.74) is 0. The van der Waals surface area contributed by atoms with Crippen molar-refractivity contribution < 1.29 is 37.3 Å². The van der Waals surface area contributed by atoms with Crippen LogP contribution in [-0.4, -0.2) is 69.4 Å². The molecule has 0 fully saturated rings. The molecule has 10 heteroatoms. The Morgan fingerprint density at radius 2 is 0.817 bits per heavy atom. The number of amides is 1. The summed E-state index contributed by atoms with van der Waals surface area (Å²) in [7, 11) is 1.18. The van der Waals surface area contributed by atoms with Gasteiger partial charge in [-0.1, -0.05) is 231 Å². The highest BCUT2D eigenvalue weighted by Gasteiger charge is 2.27. The molecule has 1 N–H and O–H groups in total. The minimum Gasteiger partial charge on any atom is -0.756 e. The molecule has 0 aliphatic carbocycles. The maximum absolute atomic E-state index is 13.5. The van der Waals surface area contributed by atoms with Gasteiger partial charge in [-0.2, -0.15) is 0 Å². The van der Waals surface area contributed by atoms with Crippen LogP contribution >= 0.6 is 7.82 Å². The third-order valence-electron chi connectivity index (χ3n) is 13.5. The highest BCUT2D eigenvalue weighted by atomic mass is 31.2. The number of phosphoric acid groups is 1. The van der Waals surface area contributed by atoms with Crippen LogP contribution in [-0.2, 0) is 27.9 Å². The third kappa shape index (κ3) is 52.9. The summed E-state index contributed by atoms with van der Waals surface area (Å²) in [6, 6.07) is -0.892. The van der Waals surface area contributed by atoms with Gasteiger partial charge in [-0.05, 0) is 83.1 Å². The molecule has 3 atom stereocenters. The van der Waals surface area contributed by atoms with Crippen molar-refractivity contribution in [2.24, 2.45) is 0 Å². The molecule has 0 spiro atoms. The van der Waals surface area contributed by atoms with E-state index in [1.165, 1.54) is 186 Å². The van der Waals surface area contributed by atoms with Crippen molar-refractivity contribution in [3.63, 3.8) is 0 Å². The van der Waals surface area contributed by atoms with E-state index in [1.807, 2.05) is 33.3 Å². The van der Waals surface area contributed by atoms with Crippen molar-refractivity contribution in [2.75, 3.05) is 40.9 Å². The lowest BCUT2D eigenvalue weighted by atomic mass is 10.0. The highest BCUT2D eigenvalue weighted by Crippen LogP contribution is 2.38. The minimum absolute atomic E-state index is 0.0233. The summed E-state index contributed by atoms with van der Waals surface area (Å²) >= 11 is 0. The lowest BCUT2D eigenvalue weighted by Crippen LogP contribution is -2.47. The third-order valence-corrected chi connectivity index (χ3v) is 14.5. The number of nitrogens with zero attached hydrogens (tertiary/aromatic N) is 1. The average Bonchev–Trinajstić information content (AvgIpc) is 3.33. The molecule has 418 valence electrons. The van der Waals surface area contributed by atoms with Crippen LogP contribution in [0.4, 0.5) is 0 Å². The number of likely N-dealkylation sites (N-methyl/N-ethyl adjacent to an activating group) is 1. The van der Waals surface area contributed by atoms with E-state index in [1.54, 1.807) is 0 Å². The maximum atomic E-state index is 13.5. The molecule has 0 saturated carbocycles. The SMILES string of the molecule is CCCCCCCC/C=C\CCCCCC(=O)OC(/C=C\CCCCCCCCCCCCC)C(COP(=O)([O-])OCC[N+](C)(C)C)NC(=O)CCCCCCCCCCC/C=C/CCCCCCCC. The molecule has 0 aromatic carbocycles. The van der Waals surface area contributed by atoms with Gasteiger partial charge < -0.3 is 28.5 Å². The quantitative estimate of drug-likeness (QED) is 0.0212. The number of quaternary nitrogens is 1. The number of carbonyl (C=O) groups is 2. The fourth-order valence-corrected chi connectivity index (χ4v) is 9.53. The van der Waals surface area contributed by atoms with Gasteiger partial charge in [0.2, 0.25) is 5.91 Å². The average molecular weight is 1020 g/mol.